The summed E-state index contributed by atoms with van der Waals surface area (Å²) < 4.78 is 2.92. The Kier molecular flexibility index (Phi) is 5.52. The molecular formula is C24H19N7OS. The van der Waals surface area contributed by atoms with Crippen LogP contribution in [0, 0.1) is 0 Å². The Hall–Kier alpha value is -4.50. The summed E-state index contributed by atoms with van der Waals surface area (Å²) in [6, 6.07) is 28.5. The van der Waals surface area contributed by atoms with Crippen LogP contribution in [-0.2, 0) is 0 Å². The van der Waals surface area contributed by atoms with E-state index in [2.05, 4.69) is 21.2 Å². The van der Waals surface area contributed by atoms with Crippen molar-refractivity contribution < 1.29 is 0 Å². The average Bonchev–Trinajstić information content (AvgIpc) is 3.27. The van der Waals surface area contributed by atoms with Gasteiger partial charge in [0, 0.05) is 11.4 Å². The van der Waals surface area contributed by atoms with Crippen molar-refractivity contribution in [1.82, 2.24) is 19.4 Å². The van der Waals surface area contributed by atoms with E-state index >= 15 is 0 Å². The number of hydrogen-bond acceptors (Lipinski definition) is 5. The fourth-order valence-corrected chi connectivity index (χ4v) is 3.55. The van der Waals surface area contributed by atoms with Crippen molar-refractivity contribution in [2.75, 3.05) is 16.1 Å². The first-order valence-electron chi connectivity index (χ1n) is 10.2. The Bertz CT molecular complexity index is 1470. The van der Waals surface area contributed by atoms with E-state index in [1.165, 1.54) is 10.9 Å². The minimum absolute atomic E-state index is 0.246. The average molecular weight is 454 g/mol. The van der Waals surface area contributed by atoms with Gasteiger partial charge in [0.1, 0.15) is 5.39 Å². The third-order valence-electron chi connectivity index (χ3n) is 4.88. The number of fused-ring (bicyclic) bond motifs is 1. The molecule has 0 fully saturated rings. The molecule has 0 aliphatic heterocycles. The zero-order chi connectivity index (χ0) is 22.6. The molecule has 0 spiro atoms. The van der Waals surface area contributed by atoms with E-state index in [-0.39, 0.29) is 16.6 Å². The highest BCUT2D eigenvalue weighted by molar-refractivity contribution is 7.80. The maximum Gasteiger partial charge on any atom is 0.285 e. The van der Waals surface area contributed by atoms with Crippen molar-refractivity contribution in [3.63, 3.8) is 0 Å². The normalized spacial score (nSPS) is 10.7. The van der Waals surface area contributed by atoms with Crippen LogP contribution < -0.4 is 21.6 Å². The summed E-state index contributed by atoms with van der Waals surface area (Å²) in [5, 5.41) is 11.3. The second kappa shape index (κ2) is 8.93. The number of thiocarbonyl (C=S) groups is 1. The predicted molar refractivity (Wildman–Crippen MR) is 135 cm³/mol. The minimum atomic E-state index is -0.335. The molecule has 2 heterocycles. The molecule has 3 N–H and O–H groups in total. The molecule has 8 nitrogen and oxygen atoms in total. The molecule has 0 amide bonds. The molecule has 0 aliphatic rings. The first-order chi connectivity index (χ1) is 16.2. The summed E-state index contributed by atoms with van der Waals surface area (Å²) in [6.07, 6.45) is 1.51. The Labute approximate surface area is 194 Å². The molecule has 0 saturated carbocycles. The molecule has 5 rings (SSSR count). The zero-order valence-electron chi connectivity index (χ0n) is 17.3. The van der Waals surface area contributed by atoms with E-state index in [9.17, 15) is 4.79 Å². The topological polar surface area (TPSA) is 88.8 Å². The smallest absolute Gasteiger partial charge is 0.285 e. The number of para-hydroxylation sites is 3. The Balaban J connectivity index is 1.59. The monoisotopic (exact) mass is 453 g/mol. The van der Waals surface area contributed by atoms with Crippen LogP contribution in [0.2, 0.25) is 0 Å². The van der Waals surface area contributed by atoms with Crippen LogP contribution in [0.1, 0.15) is 0 Å². The number of aromatic nitrogens is 4. The quantitative estimate of drug-likeness (QED) is 0.343. The standard InChI is InChI=1S/C24H19N7OS/c32-22-20-16-25-30(19-14-8-3-9-15-19)21(20)28-23(26-17-10-4-1-5-11-17)31(22)29-24(33)27-18-12-6-2-7-13-18/h1-16H,(H,26,28)(H2,27,29,33). The van der Waals surface area contributed by atoms with Crippen molar-refractivity contribution in [3.8, 4) is 5.69 Å². The second-order valence-corrected chi connectivity index (χ2v) is 7.54. The fourth-order valence-electron chi connectivity index (χ4n) is 3.35. The van der Waals surface area contributed by atoms with Gasteiger partial charge in [0.25, 0.3) is 5.56 Å². The lowest BCUT2D eigenvalue weighted by atomic mass is 10.3. The van der Waals surface area contributed by atoms with Gasteiger partial charge in [0.2, 0.25) is 5.95 Å². The maximum absolute atomic E-state index is 13.5. The van der Waals surface area contributed by atoms with Gasteiger partial charge in [-0.3, -0.25) is 10.2 Å². The van der Waals surface area contributed by atoms with Crippen LogP contribution in [-0.4, -0.2) is 24.6 Å². The molecule has 0 saturated heterocycles. The van der Waals surface area contributed by atoms with Gasteiger partial charge in [-0.05, 0) is 48.6 Å². The summed E-state index contributed by atoms with van der Waals surface area (Å²) >= 11 is 5.45. The van der Waals surface area contributed by atoms with Crippen molar-refractivity contribution in [2.24, 2.45) is 0 Å². The van der Waals surface area contributed by atoms with Gasteiger partial charge < -0.3 is 10.6 Å². The number of hydrogen-bond donors (Lipinski definition) is 3. The van der Waals surface area contributed by atoms with Gasteiger partial charge in [-0.25, -0.2) is 4.68 Å². The molecule has 162 valence electrons. The Morgan fingerprint density at radius 2 is 1.42 bits per heavy atom. The van der Waals surface area contributed by atoms with E-state index in [0.717, 1.165) is 17.1 Å². The van der Waals surface area contributed by atoms with Gasteiger partial charge in [-0.1, -0.05) is 54.6 Å². The van der Waals surface area contributed by atoms with E-state index in [4.69, 9.17) is 17.2 Å². The molecule has 9 heteroatoms. The summed E-state index contributed by atoms with van der Waals surface area (Å²) in [5.41, 5.74) is 5.42. The molecule has 3 aromatic carbocycles. The predicted octanol–water partition coefficient (Wildman–Crippen LogP) is 4.27. The SMILES string of the molecule is O=c1c2cnn(-c3ccccc3)c2nc(Nc2ccccc2)n1NC(=S)Nc1ccccc1. The minimum Gasteiger partial charge on any atom is -0.331 e. The van der Waals surface area contributed by atoms with Crippen molar-refractivity contribution >= 4 is 45.7 Å². The van der Waals surface area contributed by atoms with Crippen LogP contribution in [0.25, 0.3) is 16.7 Å². The van der Waals surface area contributed by atoms with Gasteiger partial charge in [0.15, 0.2) is 10.8 Å². The third kappa shape index (κ3) is 4.30. The molecule has 0 aliphatic carbocycles. The summed E-state index contributed by atoms with van der Waals surface area (Å²) in [4.78, 5) is 18.2. The number of nitrogens with zero attached hydrogens (tertiary/aromatic N) is 4. The molecule has 2 aromatic heterocycles. The lowest BCUT2D eigenvalue weighted by molar-refractivity contribution is 0.875. The van der Waals surface area contributed by atoms with E-state index < -0.39 is 0 Å². The highest BCUT2D eigenvalue weighted by atomic mass is 32.1. The number of rotatable bonds is 5. The van der Waals surface area contributed by atoms with Crippen molar-refractivity contribution in [2.45, 2.75) is 0 Å². The molecule has 0 radical (unpaired) electrons. The summed E-state index contributed by atoms with van der Waals surface area (Å²) in [7, 11) is 0. The Morgan fingerprint density at radius 3 is 2.09 bits per heavy atom. The van der Waals surface area contributed by atoms with Gasteiger partial charge >= 0.3 is 0 Å². The summed E-state index contributed by atoms with van der Waals surface area (Å²) in [5.74, 6) is 0.272. The van der Waals surface area contributed by atoms with E-state index in [1.54, 1.807) is 4.68 Å². The van der Waals surface area contributed by atoms with Crippen LogP contribution in [0.5, 0.6) is 0 Å². The maximum atomic E-state index is 13.5. The highest BCUT2D eigenvalue weighted by Crippen LogP contribution is 2.18. The summed E-state index contributed by atoms with van der Waals surface area (Å²) in [6.45, 7) is 0. The lowest BCUT2D eigenvalue weighted by Crippen LogP contribution is -2.37. The number of benzene rings is 3. The van der Waals surface area contributed by atoms with Crippen LogP contribution in [0.4, 0.5) is 17.3 Å². The first kappa shape index (κ1) is 20.4. The Morgan fingerprint density at radius 1 is 0.818 bits per heavy atom. The van der Waals surface area contributed by atoms with E-state index in [0.29, 0.717) is 11.0 Å². The van der Waals surface area contributed by atoms with Crippen molar-refractivity contribution in [3.05, 3.63) is 108 Å². The van der Waals surface area contributed by atoms with Crippen LogP contribution >= 0.6 is 12.2 Å². The van der Waals surface area contributed by atoms with Crippen LogP contribution in [0.3, 0.4) is 0 Å². The largest absolute Gasteiger partial charge is 0.331 e. The second-order valence-electron chi connectivity index (χ2n) is 7.13. The van der Waals surface area contributed by atoms with Crippen molar-refractivity contribution in [1.29, 1.82) is 0 Å². The molecule has 33 heavy (non-hydrogen) atoms. The number of anilines is 3. The van der Waals surface area contributed by atoms with Crippen LogP contribution in [0.15, 0.2) is 102 Å². The van der Waals surface area contributed by atoms with Gasteiger partial charge in [-0.2, -0.15) is 14.8 Å². The highest BCUT2D eigenvalue weighted by Gasteiger charge is 2.17. The van der Waals surface area contributed by atoms with E-state index in [1.807, 2.05) is 91.0 Å². The molecule has 0 bridgehead atoms. The lowest BCUT2D eigenvalue weighted by Gasteiger charge is -2.17. The fraction of sp³-hybridized carbons (Fsp3) is 0. The third-order valence-corrected chi connectivity index (χ3v) is 5.07. The number of nitrogens with one attached hydrogen (secondary N) is 3. The van der Waals surface area contributed by atoms with Gasteiger partial charge in [0.05, 0.1) is 11.9 Å². The van der Waals surface area contributed by atoms with Gasteiger partial charge in [-0.15, -0.1) is 0 Å². The first-order valence-corrected chi connectivity index (χ1v) is 10.6. The molecule has 0 atom stereocenters. The zero-order valence-corrected chi connectivity index (χ0v) is 18.2. The molecule has 5 aromatic rings. The molecular weight excluding hydrogens is 434 g/mol. The molecule has 0 unspecified atom stereocenters.